The zero-order valence-electron chi connectivity index (χ0n) is 11.6. The molecule has 0 saturated heterocycles. The van der Waals surface area contributed by atoms with Crippen LogP contribution in [0.5, 0.6) is 0 Å². The molecule has 0 aliphatic heterocycles. The van der Waals surface area contributed by atoms with Gasteiger partial charge in [0.15, 0.2) is 9.84 Å². The zero-order chi connectivity index (χ0) is 15.3. The van der Waals surface area contributed by atoms with Crippen molar-refractivity contribution in [3.63, 3.8) is 0 Å². The Balaban J connectivity index is 2.05. The van der Waals surface area contributed by atoms with Gasteiger partial charge in [-0.05, 0) is 36.8 Å². The number of benzene rings is 2. The van der Waals surface area contributed by atoms with Crippen molar-refractivity contribution >= 4 is 21.6 Å². The summed E-state index contributed by atoms with van der Waals surface area (Å²) < 4.78 is 24.5. The van der Waals surface area contributed by atoms with Crippen molar-refractivity contribution in [1.29, 1.82) is 5.26 Å². The predicted octanol–water partition coefficient (Wildman–Crippen LogP) is 3.43. The van der Waals surface area contributed by atoms with Crippen LogP contribution < -0.4 is 0 Å². The van der Waals surface area contributed by atoms with E-state index in [9.17, 15) is 8.42 Å². The molecule has 2 aromatic rings. The van der Waals surface area contributed by atoms with E-state index in [2.05, 4.69) is 0 Å². The first-order valence-corrected chi connectivity index (χ1v) is 9.08. The lowest BCUT2D eigenvalue weighted by molar-refractivity contribution is 0.597. The summed E-state index contributed by atoms with van der Waals surface area (Å²) in [6.45, 7) is 2.01. The Morgan fingerprint density at radius 2 is 1.90 bits per heavy atom. The van der Waals surface area contributed by atoms with Crippen LogP contribution in [0, 0.1) is 18.3 Å². The van der Waals surface area contributed by atoms with Gasteiger partial charge in [-0.15, -0.1) is 11.8 Å². The molecule has 0 heterocycles. The van der Waals surface area contributed by atoms with Crippen molar-refractivity contribution in [2.45, 2.75) is 16.7 Å². The van der Waals surface area contributed by atoms with Gasteiger partial charge in [0.2, 0.25) is 0 Å². The summed E-state index contributed by atoms with van der Waals surface area (Å²) in [6.07, 6.45) is 0. The Labute approximate surface area is 129 Å². The highest BCUT2D eigenvalue weighted by Gasteiger charge is 2.15. The summed E-state index contributed by atoms with van der Waals surface area (Å²) in [5.41, 5.74) is 1.51. The van der Waals surface area contributed by atoms with Crippen LogP contribution in [0.2, 0.25) is 0 Å². The summed E-state index contributed by atoms with van der Waals surface area (Å²) in [5.74, 6) is 0.546. The second kappa shape index (κ2) is 6.79. The Hall–Kier alpha value is -1.77. The van der Waals surface area contributed by atoms with Gasteiger partial charge in [-0.2, -0.15) is 5.26 Å². The number of hydrogen-bond donors (Lipinski definition) is 0. The van der Waals surface area contributed by atoms with Crippen LogP contribution in [-0.2, 0) is 9.84 Å². The lowest BCUT2D eigenvalue weighted by Gasteiger charge is -2.06. The van der Waals surface area contributed by atoms with E-state index < -0.39 is 9.84 Å². The molecule has 5 heteroatoms. The van der Waals surface area contributed by atoms with Crippen LogP contribution in [-0.4, -0.2) is 19.9 Å². The highest BCUT2D eigenvalue weighted by Crippen LogP contribution is 2.23. The number of hydrogen-bond acceptors (Lipinski definition) is 4. The second-order valence-corrected chi connectivity index (χ2v) is 7.82. The van der Waals surface area contributed by atoms with Gasteiger partial charge in [-0.25, -0.2) is 8.42 Å². The number of nitrogens with zero attached hydrogens (tertiary/aromatic N) is 1. The zero-order valence-corrected chi connectivity index (χ0v) is 13.2. The molecule has 0 spiro atoms. The van der Waals surface area contributed by atoms with Crippen molar-refractivity contribution in [2.75, 3.05) is 11.5 Å². The first-order valence-electron chi connectivity index (χ1n) is 6.44. The Morgan fingerprint density at radius 3 is 2.62 bits per heavy atom. The van der Waals surface area contributed by atoms with E-state index in [-0.39, 0.29) is 10.6 Å². The minimum atomic E-state index is -3.35. The topological polar surface area (TPSA) is 57.9 Å². The van der Waals surface area contributed by atoms with E-state index in [1.807, 2.05) is 37.3 Å². The normalized spacial score (nSPS) is 11.0. The third-order valence-electron chi connectivity index (χ3n) is 3.03. The molecule has 0 amide bonds. The van der Waals surface area contributed by atoms with E-state index in [0.29, 0.717) is 11.3 Å². The SMILES string of the molecule is Cc1ccccc1SCCS(=O)(=O)c1cccc(C#N)c1. The summed E-state index contributed by atoms with van der Waals surface area (Å²) in [6, 6.07) is 16.0. The molecule has 0 saturated carbocycles. The van der Waals surface area contributed by atoms with Gasteiger partial charge < -0.3 is 0 Å². The molecule has 0 N–H and O–H groups in total. The molecule has 21 heavy (non-hydrogen) atoms. The van der Waals surface area contributed by atoms with Gasteiger partial charge in [-0.3, -0.25) is 0 Å². The molecule has 0 radical (unpaired) electrons. The van der Waals surface area contributed by atoms with E-state index in [1.54, 1.807) is 12.1 Å². The molecule has 0 atom stereocenters. The maximum Gasteiger partial charge on any atom is 0.179 e. The van der Waals surface area contributed by atoms with Gasteiger partial charge in [0.25, 0.3) is 0 Å². The van der Waals surface area contributed by atoms with E-state index in [4.69, 9.17) is 5.26 Å². The van der Waals surface area contributed by atoms with Gasteiger partial charge in [0.1, 0.15) is 0 Å². The maximum absolute atomic E-state index is 12.3. The standard InChI is InChI=1S/C16H15NO2S2/c1-13-5-2-3-8-16(13)20-9-10-21(18,19)15-7-4-6-14(11-15)12-17/h2-8,11H,9-10H2,1H3. The van der Waals surface area contributed by atoms with Crippen molar-refractivity contribution in [2.24, 2.45) is 0 Å². The van der Waals surface area contributed by atoms with Gasteiger partial charge >= 0.3 is 0 Å². The lowest BCUT2D eigenvalue weighted by atomic mass is 10.2. The first-order chi connectivity index (χ1) is 10.0. The van der Waals surface area contributed by atoms with E-state index in [0.717, 1.165) is 10.5 Å². The fraction of sp³-hybridized carbons (Fsp3) is 0.188. The lowest BCUT2D eigenvalue weighted by Crippen LogP contribution is -2.09. The highest BCUT2D eigenvalue weighted by molar-refractivity contribution is 8.00. The van der Waals surface area contributed by atoms with E-state index >= 15 is 0 Å². The van der Waals surface area contributed by atoms with Gasteiger partial charge in [0, 0.05) is 10.6 Å². The third-order valence-corrected chi connectivity index (χ3v) is 6.17. The van der Waals surface area contributed by atoms with Crippen LogP contribution >= 0.6 is 11.8 Å². The first kappa shape index (κ1) is 15.6. The molecule has 0 bridgehead atoms. The Bertz CT molecular complexity index is 777. The molecule has 108 valence electrons. The average Bonchev–Trinajstić information content (AvgIpc) is 2.49. The molecule has 2 aromatic carbocycles. The summed E-state index contributed by atoms with van der Waals surface area (Å²) >= 11 is 1.53. The second-order valence-electron chi connectivity index (χ2n) is 4.57. The molecule has 2 rings (SSSR count). The van der Waals surface area contributed by atoms with Gasteiger partial charge in [0.05, 0.1) is 22.3 Å². The number of rotatable bonds is 5. The molecular formula is C16H15NO2S2. The number of aryl methyl sites for hydroxylation is 1. The van der Waals surface area contributed by atoms with E-state index in [1.165, 1.54) is 23.9 Å². The fourth-order valence-electron chi connectivity index (χ4n) is 1.86. The fourth-order valence-corrected chi connectivity index (χ4v) is 4.59. The Morgan fingerprint density at radius 1 is 1.14 bits per heavy atom. The van der Waals surface area contributed by atoms with Crippen molar-refractivity contribution in [3.8, 4) is 6.07 Å². The largest absolute Gasteiger partial charge is 0.224 e. The van der Waals surface area contributed by atoms with Crippen molar-refractivity contribution < 1.29 is 8.42 Å². The molecule has 0 unspecified atom stereocenters. The van der Waals surface area contributed by atoms with Crippen LogP contribution in [0.25, 0.3) is 0 Å². The summed E-state index contributed by atoms with van der Waals surface area (Å²) in [5, 5.41) is 8.83. The number of nitriles is 1. The van der Waals surface area contributed by atoms with Crippen molar-refractivity contribution in [1.82, 2.24) is 0 Å². The third kappa shape index (κ3) is 4.10. The van der Waals surface area contributed by atoms with Gasteiger partial charge in [-0.1, -0.05) is 24.3 Å². The smallest absolute Gasteiger partial charge is 0.179 e. The average molecular weight is 317 g/mol. The van der Waals surface area contributed by atoms with Crippen LogP contribution in [0.15, 0.2) is 58.3 Å². The predicted molar refractivity (Wildman–Crippen MR) is 85.1 cm³/mol. The number of sulfone groups is 1. The molecule has 0 aliphatic carbocycles. The monoisotopic (exact) mass is 317 g/mol. The minimum Gasteiger partial charge on any atom is -0.224 e. The van der Waals surface area contributed by atoms with Crippen LogP contribution in [0.1, 0.15) is 11.1 Å². The minimum absolute atomic E-state index is 0.0564. The molecule has 0 fully saturated rings. The molecule has 0 aliphatic rings. The summed E-state index contributed by atoms with van der Waals surface area (Å²) in [7, 11) is -3.35. The highest BCUT2D eigenvalue weighted by atomic mass is 32.2. The summed E-state index contributed by atoms with van der Waals surface area (Å²) in [4.78, 5) is 1.31. The van der Waals surface area contributed by atoms with Crippen LogP contribution in [0.3, 0.4) is 0 Å². The maximum atomic E-state index is 12.3. The quantitative estimate of drug-likeness (QED) is 0.793. The molecule has 0 aromatic heterocycles. The number of thioether (sulfide) groups is 1. The Kier molecular flexibility index (Phi) is 5.05. The van der Waals surface area contributed by atoms with Crippen molar-refractivity contribution in [3.05, 3.63) is 59.7 Å². The molecule has 3 nitrogen and oxygen atoms in total. The molecular weight excluding hydrogens is 302 g/mol. The van der Waals surface area contributed by atoms with Crippen LogP contribution in [0.4, 0.5) is 0 Å².